The van der Waals surface area contributed by atoms with E-state index in [0.29, 0.717) is 6.07 Å². The molecule has 2 aromatic rings. The summed E-state index contributed by atoms with van der Waals surface area (Å²) in [5.41, 5.74) is -0.232. The van der Waals surface area contributed by atoms with Gasteiger partial charge in [-0.3, -0.25) is 9.78 Å². The zero-order valence-corrected chi connectivity index (χ0v) is 13.9. The third kappa shape index (κ3) is 3.52. The Balaban J connectivity index is 1.70. The number of sulfonamides is 1. The van der Waals surface area contributed by atoms with Crippen molar-refractivity contribution < 1.29 is 22.0 Å². The molecule has 1 saturated heterocycles. The number of nitrogens with zero attached hydrogens (tertiary/aromatic N) is 3. The summed E-state index contributed by atoms with van der Waals surface area (Å²) < 4.78 is 53.0. The summed E-state index contributed by atoms with van der Waals surface area (Å²) in [4.78, 5) is 17.6. The standard InChI is InChI=1S/C16H15F2N3O3S/c17-12-3-4-14(15(18)10-12)16(22)20-6-8-21(9-7-20)25(23,24)13-2-1-5-19-11-13/h1-5,10-11H,6-9H2. The van der Waals surface area contributed by atoms with Crippen LogP contribution in [0.4, 0.5) is 8.78 Å². The smallest absolute Gasteiger partial charge is 0.256 e. The number of rotatable bonds is 3. The lowest BCUT2D eigenvalue weighted by Gasteiger charge is -2.34. The van der Waals surface area contributed by atoms with Crippen LogP contribution in [0.25, 0.3) is 0 Å². The Morgan fingerprint density at radius 1 is 1.08 bits per heavy atom. The van der Waals surface area contributed by atoms with Crippen LogP contribution in [0, 0.1) is 11.6 Å². The van der Waals surface area contributed by atoms with Crippen molar-refractivity contribution in [3.63, 3.8) is 0 Å². The van der Waals surface area contributed by atoms with Crippen molar-refractivity contribution in [2.24, 2.45) is 0 Å². The number of pyridine rings is 1. The number of hydrogen-bond acceptors (Lipinski definition) is 4. The highest BCUT2D eigenvalue weighted by molar-refractivity contribution is 7.89. The van der Waals surface area contributed by atoms with E-state index in [1.54, 1.807) is 0 Å². The normalized spacial score (nSPS) is 16.0. The first-order valence-corrected chi connectivity index (χ1v) is 8.98. The monoisotopic (exact) mass is 367 g/mol. The molecule has 0 saturated carbocycles. The van der Waals surface area contributed by atoms with Gasteiger partial charge in [-0.1, -0.05) is 0 Å². The number of hydrogen-bond donors (Lipinski definition) is 0. The number of amides is 1. The number of carbonyl (C=O) groups excluding carboxylic acids is 1. The minimum Gasteiger partial charge on any atom is -0.336 e. The van der Waals surface area contributed by atoms with E-state index in [-0.39, 0.29) is 36.6 Å². The largest absolute Gasteiger partial charge is 0.336 e. The second-order valence-corrected chi connectivity index (χ2v) is 7.45. The molecule has 0 atom stereocenters. The molecule has 0 N–H and O–H groups in total. The van der Waals surface area contributed by atoms with E-state index in [1.807, 2.05) is 0 Å². The minimum atomic E-state index is -3.68. The van der Waals surface area contributed by atoms with E-state index < -0.39 is 27.6 Å². The van der Waals surface area contributed by atoms with E-state index in [9.17, 15) is 22.0 Å². The van der Waals surface area contributed by atoms with Gasteiger partial charge in [-0.25, -0.2) is 17.2 Å². The molecule has 25 heavy (non-hydrogen) atoms. The molecule has 132 valence electrons. The van der Waals surface area contributed by atoms with Crippen molar-refractivity contribution >= 4 is 15.9 Å². The van der Waals surface area contributed by atoms with Crippen molar-refractivity contribution in [2.75, 3.05) is 26.2 Å². The summed E-state index contributed by atoms with van der Waals surface area (Å²) in [6.45, 7) is 0.418. The van der Waals surface area contributed by atoms with Gasteiger partial charge in [0.15, 0.2) is 0 Å². The van der Waals surface area contributed by atoms with Crippen LogP contribution in [0.3, 0.4) is 0 Å². The van der Waals surface area contributed by atoms with E-state index in [4.69, 9.17) is 0 Å². The summed E-state index contributed by atoms with van der Waals surface area (Å²) in [5.74, 6) is -2.28. The maximum Gasteiger partial charge on any atom is 0.256 e. The van der Waals surface area contributed by atoms with Gasteiger partial charge < -0.3 is 4.90 Å². The Morgan fingerprint density at radius 2 is 1.80 bits per heavy atom. The van der Waals surface area contributed by atoms with Gasteiger partial charge in [0.1, 0.15) is 16.5 Å². The van der Waals surface area contributed by atoms with Crippen LogP contribution < -0.4 is 0 Å². The van der Waals surface area contributed by atoms with Gasteiger partial charge in [0.2, 0.25) is 10.0 Å². The molecular weight excluding hydrogens is 352 g/mol. The molecule has 0 bridgehead atoms. The molecule has 9 heteroatoms. The van der Waals surface area contributed by atoms with E-state index in [0.717, 1.165) is 12.1 Å². The fourth-order valence-electron chi connectivity index (χ4n) is 2.61. The molecule has 1 amide bonds. The summed E-state index contributed by atoms with van der Waals surface area (Å²) >= 11 is 0. The lowest BCUT2D eigenvalue weighted by molar-refractivity contribution is 0.0693. The van der Waals surface area contributed by atoms with Crippen molar-refractivity contribution in [1.29, 1.82) is 0 Å². The number of piperazine rings is 1. The third-order valence-corrected chi connectivity index (χ3v) is 5.84. The van der Waals surface area contributed by atoms with Crippen LogP contribution in [0.5, 0.6) is 0 Å². The number of aromatic nitrogens is 1. The van der Waals surface area contributed by atoms with Crippen molar-refractivity contribution in [3.05, 3.63) is 59.9 Å². The highest BCUT2D eigenvalue weighted by Gasteiger charge is 2.31. The van der Waals surface area contributed by atoms with Crippen LogP contribution in [-0.4, -0.2) is 54.7 Å². The van der Waals surface area contributed by atoms with Gasteiger partial charge in [-0.15, -0.1) is 0 Å². The lowest BCUT2D eigenvalue weighted by Crippen LogP contribution is -2.50. The van der Waals surface area contributed by atoms with Crippen LogP contribution >= 0.6 is 0 Å². The van der Waals surface area contributed by atoms with Gasteiger partial charge in [0.25, 0.3) is 5.91 Å². The molecule has 0 spiro atoms. The zero-order chi connectivity index (χ0) is 18.0. The van der Waals surface area contributed by atoms with Crippen LogP contribution in [0.15, 0.2) is 47.6 Å². The Kier molecular flexibility index (Phi) is 4.78. The van der Waals surface area contributed by atoms with Gasteiger partial charge in [0.05, 0.1) is 5.56 Å². The van der Waals surface area contributed by atoms with Crippen molar-refractivity contribution in [3.8, 4) is 0 Å². The average molecular weight is 367 g/mol. The molecule has 3 rings (SSSR count). The number of benzene rings is 1. The van der Waals surface area contributed by atoms with Gasteiger partial charge in [-0.05, 0) is 24.3 Å². The van der Waals surface area contributed by atoms with Gasteiger partial charge >= 0.3 is 0 Å². The average Bonchev–Trinajstić information content (AvgIpc) is 2.62. The fourth-order valence-corrected chi connectivity index (χ4v) is 4.00. The predicted octanol–water partition coefficient (Wildman–Crippen LogP) is 1.51. The zero-order valence-electron chi connectivity index (χ0n) is 13.1. The molecule has 1 aliphatic heterocycles. The lowest BCUT2D eigenvalue weighted by atomic mass is 10.1. The number of halogens is 2. The Hall–Kier alpha value is -2.39. The first-order chi connectivity index (χ1) is 11.9. The molecule has 0 radical (unpaired) electrons. The molecular formula is C16H15F2N3O3S. The van der Waals surface area contributed by atoms with E-state index >= 15 is 0 Å². The van der Waals surface area contributed by atoms with Crippen LogP contribution in [0.2, 0.25) is 0 Å². The molecule has 2 heterocycles. The van der Waals surface area contributed by atoms with Crippen LogP contribution in [-0.2, 0) is 10.0 Å². The Bertz CT molecular complexity index is 883. The molecule has 6 nitrogen and oxygen atoms in total. The summed E-state index contributed by atoms with van der Waals surface area (Å²) in [6.07, 6.45) is 2.74. The predicted molar refractivity (Wildman–Crippen MR) is 85.3 cm³/mol. The number of carbonyl (C=O) groups is 1. The first kappa shape index (κ1) is 17.4. The van der Waals surface area contributed by atoms with Gasteiger partial charge in [-0.2, -0.15) is 4.31 Å². The van der Waals surface area contributed by atoms with Crippen molar-refractivity contribution in [2.45, 2.75) is 4.90 Å². The molecule has 1 aromatic heterocycles. The third-order valence-electron chi connectivity index (χ3n) is 3.96. The molecule has 1 aliphatic rings. The molecule has 1 aromatic carbocycles. The maximum absolute atomic E-state index is 13.7. The molecule has 0 aliphatic carbocycles. The summed E-state index contributed by atoms with van der Waals surface area (Å²) in [5, 5.41) is 0. The molecule has 0 unspecified atom stereocenters. The van der Waals surface area contributed by atoms with Crippen LogP contribution in [0.1, 0.15) is 10.4 Å². The highest BCUT2D eigenvalue weighted by atomic mass is 32.2. The maximum atomic E-state index is 13.7. The molecule has 1 fully saturated rings. The Labute approximate surface area is 143 Å². The Morgan fingerprint density at radius 3 is 2.40 bits per heavy atom. The quantitative estimate of drug-likeness (QED) is 0.825. The van der Waals surface area contributed by atoms with Crippen molar-refractivity contribution in [1.82, 2.24) is 14.2 Å². The minimum absolute atomic E-state index is 0.0827. The second-order valence-electron chi connectivity index (χ2n) is 5.51. The summed E-state index contributed by atoms with van der Waals surface area (Å²) in [7, 11) is -3.68. The van der Waals surface area contributed by atoms with E-state index in [1.165, 1.54) is 33.7 Å². The topological polar surface area (TPSA) is 70.6 Å². The highest BCUT2D eigenvalue weighted by Crippen LogP contribution is 2.18. The van der Waals surface area contributed by atoms with E-state index in [2.05, 4.69) is 4.98 Å². The van der Waals surface area contributed by atoms with Gasteiger partial charge in [0, 0.05) is 44.6 Å². The summed E-state index contributed by atoms with van der Waals surface area (Å²) in [6, 6.07) is 5.74. The second kappa shape index (κ2) is 6.85. The first-order valence-electron chi connectivity index (χ1n) is 7.54. The SMILES string of the molecule is O=C(c1ccc(F)cc1F)N1CCN(S(=O)(=O)c2cccnc2)CC1. The fraction of sp³-hybridized carbons (Fsp3) is 0.250.